The lowest BCUT2D eigenvalue weighted by Crippen LogP contribution is -2.19. The molecule has 1 aromatic carbocycles. The molecule has 0 aliphatic rings. The van der Waals surface area contributed by atoms with Crippen molar-refractivity contribution >= 4 is 5.97 Å². The molecule has 0 spiro atoms. The molecule has 1 aromatic rings. The monoisotopic (exact) mass is 249 g/mol. The number of rotatable bonds is 8. The van der Waals surface area contributed by atoms with Gasteiger partial charge in [-0.15, -0.1) is 0 Å². The molecule has 100 valence electrons. The largest absolute Gasteiger partial charge is 0.481 e. The molecule has 1 atom stereocenters. The first-order valence-corrected chi connectivity index (χ1v) is 6.61. The topological polar surface area (TPSA) is 49.3 Å². The van der Waals surface area contributed by atoms with E-state index >= 15 is 0 Å². The number of benzene rings is 1. The zero-order chi connectivity index (χ0) is 13.4. The van der Waals surface area contributed by atoms with E-state index in [2.05, 4.69) is 43.4 Å². The van der Waals surface area contributed by atoms with Crippen molar-refractivity contribution in [3.8, 4) is 0 Å². The van der Waals surface area contributed by atoms with Crippen LogP contribution in [0.3, 0.4) is 0 Å². The quantitative estimate of drug-likeness (QED) is 0.695. The van der Waals surface area contributed by atoms with E-state index in [1.807, 2.05) is 0 Å². The standard InChI is InChI=1S/C15H23NO2/c1-12-7-6-8-14(11-12)13(2)16-10-5-3-4-9-15(17)18/h6-8,11,13,16H,3-5,9-10H2,1-2H3,(H,17,18)/t13-/m0/s1. The maximum atomic E-state index is 10.3. The van der Waals surface area contributed by atoms with Crippen LogP contribution in [0, 0.1) is 6.92 Å². The Morgan fingerprint density at radius 1 is 1.33 bits per heavy atom. The van der Waals surface area contributed by atoms with E-state index < -0.39 is 5.97 Å². The van der Waals surface area contributed by atoms with Crippen molar-refractivity contribution in [1.82, 2.24) is 5.32 Å². The average molecular weight is 249 g/mol. The number of hydrogen-bond donors (Lipinski definition) is 2. The Morgan fingerprint density at radius 2 is 2.11 bits per heavy atom. The van der Waals surface area contributed by atoms with Crippen LogP contribution in [0.15, 0.2) is 24.3 Å². The van der Waals surface area contributed by atoms with Crippen LogP contribution < -0.4 is 5.32 Å². The van der Waals surface area contributed by atoms with Crippen LogP contribution in [0.1, 0.15) is 49.8 Å². The van der Waals surface area contributed by atoms with Crippen molar-refractivity contribution in [2.45, 2.75) is 45.6 Å². The molecule has 0 aliphatic carbocycles. The molecule has 0 aromatic heterocycles. The summed E-state index contributed by atoms with van der Waals surface area (Å²) in [6, 6.07) is 8.86. The van der Waals surface area contributed by atoms with E-state index in [9.17, 15) is 4.79 Å². The molecule has 0 saturated carbocycles. The van der Waals surface area contributed by atoms with Gasteiger partial charge in [-0.1, -0.05) is 36.2 Å². The van der Waals surface area contributed by atoms with E-state index in [0.717, 1.165) is 25.8 Å². The van der Waals surface area contributed by atoms with Crippen LogP contribution in [0.5, 0.6) is 0 Å². The van der Waals surface area contributed by atoms with Crippen LogP contribution in [0.4, 0.5) is 0 Å². The van der Waals surface area contributed by atoms with Crippen molar-refractivity contribution < 1.29 is 9.90 Å². The number of nitrogens with one attached hydrogen (secondary N) is 1. The van der Waals surface area contributed by atoms with Gasteiger partial charge in [0.15, 0.2) is 0 Å². The van der Waals surface area contributed by atoms with Crippen LogP contribution in [-0.2, 0) is 4.79 Å². The number of carboxylic acids is 1. The van der Waals surface area contributed by atoms with Crippen molar-refractivity contribution in [2.75, 3.05) is 6.54 Å². The van der Waals surface area contributed by atoms with Gasteiger partial charge in [0.2, 0.25) is 0 Å². The van der Waals surface area contributed by atoms with Crippen LogP contribution in [0.2, 0.25) is 0 Å². The van der Waals surface area contributed by atoms with Gasteiger partial charge in [0, 0.05) is 12.5 Å². The molecule has 0 heterocycles. The van der Waals surface area contributed by atoms with Gasteiger partial charge in [0.25, 0.3) is 0 Å². The third-order valence-corrected chi connectivity index (χ3v) is 3.06. The lowest BCUT2D eigenvalue weighted by molar-refractivity contribution is -0.137. The minimum atomic E-state index is -0.698. The van der Waals surface area contributed by atoms with Gasteiger partial charge in [0.05, 0.1) is 0 Å². The highest BCUT2D eigenvalue weighted by molar-refractivity contribution is 5.66. The fourth-order valence-electron chi connectivity index (χ4n) is 1.95. The third kappa shape index (κ3) is 5.82. The van der Waals surface area contributed by atoms with Gasteiger partial charge < -0.3 is 10.4 Å². The van der Waals surface area contributed by atoms with Gasteiger partial charge in [-0.25, -0.2) is 0 Å². The summed E-state index contributed by atoms with van der Waals surface area (Å²) >= 11 is 0. The predicted molar refractivity (Wildman–Crippen MR) is 73.7 cm³/mol. The minimum absolute atomic E-state index is 0.285. The SMILES string of the molecule is Cc1cccc([C@H](C)NCCCCCC(=O)O)c1. The first kappa shape index (κ1) is 14.7. The van der Waals surface area contributed by atoms with Crippen molar-refractivity contribution in [2.24, 2.45) is 0 Å². The second kappa shape index (κ2) is 7.88. The summed E-state index contributed by atoms with van der Waals surface area (Å²) in [5.41, 5.74) is 2.59. The molecule has 2 N–H and O–H groups in total. The summed E-state index contributed by atoms with van der Waals surface area (Å²) in [7, 11) is 0. The molecule has 0 bridgehead atoms. The first-order valence-electron chi connectivity index (χ1n) is 6.61. The zero-order valence-corrected chi connectivity index (χ0v) is 11.3. The molecule has 0 saturated heterocycles. The minimum Gasteiger partial charge on any atom is -0.481 e. The Hall–Kier alpha value is -1.35. The molecule has 0 fully saturated rings. The molecule has 1 rings (SSSR count). The number of hydrogen-bond acceptors (Lipinski definition) is 2. The second-order valence-corrected chi connectivity index (χ2v) is 4.79. The Balaban J connectivity index is 2.17. The van der Waals surface area contributed by atoms with Gasteiger partial charge in [-0.3, -0.25) is 4.79 Å². The molecule has 0 amide bonds. The van der Waals surface area contributed by atoms with Gasteiger partial charge in [-0.2, -0.15) is 0 Å². The van der Waals surface area contributed by atoms with E-state index in [1.54, 1.807) is 0 Å². The van der Waals surface area contributed by atoms with Gasteiger partial charge in [0.1, 0.15) is 0 Å². The van der Waals surface area contributed by atoms with Crippen LogP contribution in [0.25, 0.3) is 0 Å². The average Bonchev–Trinajstić information content (AvgIpc) is 2.33. The van der Waals surface area contributed by atoms with Crippen LogP contribution in [-0.4, -0.2) is 17.6 Å². The normalized spacial score (nSPS) is 12.3. The molecule has 0 radical (unpaired) electrons. The highest BCUT2D eigenvalue weighted by Gasteiger charge is 2.04. The van der Waals surface area contributed by atoms with Crippen molar-refractivity contribution in [1.29, 1.82) is 0 Å². The van der Waals surface area contributed by atoms with Crippen molar-refractivity contribution in [3.63, 3.8) is 0 Å². The lowest BCUT2D eigenvalue weighted by Gasteiger charge is -2.14. The van der Waals surface area contributed by atoms with Gasteiger partial charge >= 0.3 is 5.97 Å². The predicted octanol–water partition coefficient (Wildman–Crippen LogP) is 3.29. The number of aryl methyl sites for hydroxylation is 1. The summed E-state index contributed by atoms with van der Waals surface area (Å²) in [6.07, 6.45) is 3.06. The van der Waals surface area contributed by atoms with E-state index in [1.165, 1.54) is 11.1 Å². The first-order chi connectivity index (χ1) is 8.59. The summed E-state index contributed by atoms with van der Waals surface area (Å²) in [5, 5.41) is 12.0. The number of carbonyl (C=O) groups is 1. The Kier molecular flexibility index (Phi) is 6.44. The smallest absolute Gasteiger partial charge is 0.303 e. The third-order valence-electron chi connectivity index (χ3n) is 3.06. The van der Waals surface area contributed by atoms with E-state index in [0.29, 0.717) is 6.04 Å². The summed E-state index contributed by atoms with van der Waals surface area (Å²) in [5.74, 6) is -0.698. The number of carboxylic acid groups (broad SMARTS) is 1. The second-order valence-electron chi connectivity index (χ2n) is 4.79. The van der Waals surface area contributed by atoms with Gasteiger partial charge in [-0.05, 0) is 38.8 Å². The number of aliphatic carboxylic acids is 1. The fraction of sp³-hybridized carbons (Fsp3) is 0.533. The fourth-order valence-corrected chi connectivity index (χ4v) is 1.95. The Labute approximate surface area is 109 Å². The molecule has 0 unspecified atom stereocenters. The Morgan fingerprint density at radius 3 is 2.78 bits per heavy atom. The summed E-state index contributed by atoms with van der Waals surface area (Å²) < 4.78 is 0. The molecule has 0 aliphatic heterocycles. The summed E-state index contributed by atoms with van der Waals surface area (Å²) in [6.45, 7) is 5.20. The Bertz CT molecular complexity index is 377. The molecule has 3 heteroatoms. The summed E-state index contributed by atoms with van der Waals surface area (Å²) in [4.78, 5) is 10.3. The lowest BCUT2D eigenvalue weighted by atomic mass is 10.1. The maximum absolute atomic E-state index is 10.3. The zero-order valence-electron chi connectivity index (χ0n) is 11.3. The maximum Gasteiger partial charge on any atom is 0.303 e. The number of unbranched alkanes of at least 4 members (excludes halogenated alkanes) is 2. The molecule has 18 heavy (non-hydrogen) atoms. The molecule has 3 nitrogen and oxygen atoms in total. The molecular formula is C15H23NO2. The highest BCUT2D eigenvalue weighted by Crippen LogP contribution is 2.13. The van der Waals surface area contributed by atoms with Crippen molar-refractivity contribution in [3.05, 3.63) is 35.4 Å². The van der Waals surface area contributed by atoms with E-state index in [4.69, 9.17) is 5.11 Å². The highest BCUT2D eigenvalue weighted by atomic mass is 16.4. The van der Waals surface area contributed by atoms with E-state index in [-0.39, 0.29) is 6.42 Å². The van der Waals surface area contributed by atoms with Crippen LogP contribution >= 0.6 is 0 Å². The molecular weight excluding hydrogens is 226 g/mol.